The largest absolute Gasteiger partial charge is 0.269 e. The van der Waals surface area contributed by atoms with E-state index in [1.54, 1.807) is 6.07 Å². The molecule has 6 nitrogen and oxygen atoms in total. The van der Waals surface area contributed by atoms with Crippen LogP contribution in [0.2, 0.25) is 0 Å². The maximum Gasteiger partial charge on any atom is 0.269 e. The molecule has 9 heteroatoms. The van der Waals surface area contributed by atoms with E-state index < -0.39 is 14.9 Å². The summed E-state index contributed by atoms with van der Waals surface area (Å²) in [5.41, 5.74) is 0.619. The third-order valence-electron chi connectivity index (χ3n) is 2.43. The SMILES string of the molecule is O=[N+]([O-])c1ccc(CNS(=O)(=O)c2ccc(Br)s2)cc1. The van der Waals surface area contributed by atoms with Crippen LogP contribution in [0, 0.1) is 10.1 Å². The summed E-state index contributed by atoms with van der Waals surface area (Å²) in [5.74, 6) is 0. The van der Waals surface area contributed by atoms with Gasteiger partial charge in [0.25, 0.3) is 5.69 Å². The molecule has 0 radical (unpaired) electrons. The first-order valence-electron chi connectivity index (χ1n) is 5.37. The standard InChI is InChI=1S/C11H9BrN2O4S2/c12-10-5-6-11(19-10)20(17,18)13-7-8-1-3-9(4-2-8)14(15)16/h1-6,13H,7H2. The summed E-state index contributed by atoms with van der Waals surface area (Å²) in [7, 11) is -3.56. The number of nitrogens with zero attached hydrogens (tertiary/aromatic N) is 1. The van der Waals surface area contributed by atoms with Gasteiger partial charge in [-0.3, -0.25) is 10.1 Å². The molecule has 0 bridgehead atoms. The molecule has 1 aromatic heterocycles. The van der Waals surface area contributed by atoms with Crippen LogP contribution >= 0.6 is 27.3 Å². The quantitative estimate of drug-likeness (QED) is 0.641. The Hall–Kier alpha value is -1.29. The number of benzene rings is 1. The summed E-state index contributed by atoms with van der Waals surface area (Å²) >= 11 is 4.32. The van der Waals surface area contributed by atoms with Gasteiger partial charge in [0.1, 0.15) is 4.21 Å². The summed E-state index contributed by atoms with van der Waals surface area (Å²) in [6, 6.07) is 8.88. The lowest BCUT2D eigenvalue weighted by molar-refractivity contribution is -0.384. The van der Waals surface area contributed by atoms with Crippen molar-refractivity contribution < 1.29 is 13.3 Å². The Balaban J connectivity index is 2.06. The maximum atomic E-state index is 12.0. The Morgan fingerprint density at radius 3 is 2.35 bits per heavy atom. The van der Waals surface area contributed by atoms with Gasteiger partial charge in [-0.15, -0.1) is 11.3 Å². The zero-order valence-electron chi connectivity index (χ0n) is 9.95. The number of non-ortho nitro benzene ring substituents is 1. The van der Waals surface area contributed by atoms with Crippen molar-refractivity contribution in [2.24, 2.45) is 0 Å². The molecule has 0 aliphatic heterocycles. The van der Waals surface area contributed by atoms with Crippen LogP contribution < -0.4 is 4.72 Å². The molecule has 1 N–H and O–H groups in total. The number of rotatable bonds is 5. The topological polar surface area (TPSA) is 89.3 Å². The van der Waals surface area contributed by atoms with Crippen LogP contribution in [-0.2, 0) is 16.6 Å². The molecule has 0 amide bonds. The molecular formula is C11H9BrN2O4S2. The molecule has 0 aliphatic rings. The first-order chi connectivity index (χ1) is 9.38. The molecule has 0 atom stereocenters. The Morgan fingerprint density at radius 1 is 1.20 bits per heavy atom. The highest BCUT2D eigenvalue weighted by Gasteiger charge is 2.16. The molecule has 0 spiro atoms. The van der Waals surface area contributed by atoms with Gasteiger partial charge in [-0.2, -0.15) is 0 Å². The van der Waals surface area contributed by atoms with Crippen LogP contribution in [0.25, 0.3) is 0 Å². The number of hydrogen-bond acceptors (Lipinski definition) is 5. The first-order valence-corrected chi connectivity index (χ1v) is 8.46. The van der Waals surface area contributed by atoms with Gasteiger partial charge in [0, 0.05) is 18.7 Å². The van der Waals surface area contributed by atoms with E-state index >= 15 is 0 Å². The van der Waals surface area contributed by atoms with Gasteiger partial charge < -0.3 is 0 Å². The lowest BCUT2D eigenvalue weighted by atomic mass is 10.2. The number of thiophene rings is 1. The van der Waals surface area contributed by atoms with E-state index in [1.165, 1.54) is 30.3 Å². The molecular weight excluding hydrogens is 368 g/mol. The zero-order valence-corrected chi connectivity index (χ0v) is 13.2. The third-order valence-corrected chi connectivity index (χ3v) is 5.94. The maximum absolute atomic E-state index is 12.0. The molecule has 106 valence electrons. The molecule has 0 saturated heterocycles. The summed E-state index contributed by atoms with van der Waals surface area (Å²) in [5, 5.41) is 10.5. The van der Waals surface area contributed by atoms with Gasteiger partial charge in [0.05, 0.1) is 8.71 Å². The smallest absolute Gasteiger partial charge is 0.258 e. The van der Waals surface area contributed by atoms with Gasteiger partial charge in [-0.25, -0.2) is 13.1 Å². The Labute approximate surface area is 127 Å². The van der Waals surface area contributed by atoms with Crippen molar-refractivity contribution in [3.05, 3.63) is 55.9 Å². The van der Waals surface area contributed by atoms with Crippen LogP contribution in [0.4, 0.5) is 5.69 Å². The second-order valence-electron chi connectivity index (χ2n) is 3.81. The number of halogens is 1. The molecule has 0 unspecified atom stereocenters. The zero-order chi connectivity index (χ0) is 14.8. The molecule has 1 aromatic carbocycles. The van der Waals surface area contributed by atoms with Gasteiger partial charge >= 0.3 is 0 Å². The van der Waals surface area contributed by atoms with Crippen molar-refractivity contribution in [2.75, 3.05) is 0 Å². The average Bonchev–Trinajstić information content (AvgIpc) is 2.84. The summed E-state index contributed by atoms with van der Waals surface area (Å²) in [6.07, 6.45) is 0. The van der Waals surface area contributed by atoms with Crippen LogP contribution in [-0.4, -0.2) is 13.3 Å². The van der Waals surface area contributed by atoms with Crippen molar-refractivity contribution in [2.45, 2.75) is 10.8 Å². The number of nitro groups is 1. The minimum absolute atomic E-state index is 0.0289. The summed E-state index contributed by atoms with van der Waals surface area (Å²) < 4.78 is 27.3. The lowest BCUT2D eigenvalue weighted by Crippen LogP contribution is -2.22. The minimum Gasteiger partial charge on any atom is -0.258 e. The Kier molecular flexibility index (Phi) is 4.53. The Morgan fingerprint density at radius 2 is 1.85 bits per heavy atom. The van der Waals surface area contributed by atoms with E-state index in [0.29, 0.717) is 5.56 Å². The van der Waals surface area contributed by atoms with Crippen molar-refractivity contribution in [3.63, 3.8) is 0 Å². The number of hydrogen-bond donors (Lipinski definition) is 1. The predicted molar refractivity (Wildman–Crippen MR) is 79.1 cm³/mol. The van der Waals surface area contributed by atoms with E-state index in [9.17, 15) is 18.5 Å². The highest BCUT2D eigenvalue weighted by molar-refractivity contribution is 9.11. The Bertz CT molecular complexity index is 725. The molecule has 2 aromatic rings. The fraction of sp³-hybridized carbons (Fsp3) is 0.0909. The van der Waals surface area contributed by atoms with E-state index in [-0.39, 0.29) is 16.4 Å². The van der Waals surface area contributed by atoms with Crippen molar-refractivity contribution in [1.29, 1.82) is 0 Å². The number of nitro benzene ring substituents is 1. The minimum atomic E-state index is -3.56. The first kappa shape index (κ1) is 15.1. The van der Waals surface area contributed by atoms with Gasteiger partial charge in [-0.05, 0) is 33.6 Å². The molecule has 2 rings (SSSR count). The fourth-order valence-electron chi connectivity index (χ4n) is 1.43. The van der Waals surface area contributed by atoms with Crippen LogP contribution in [0.15, 0.2) is 44.4 Å². The molecule has 0 saturated carbocycles. The van der Waals surface area contributed by atoms with Crippen LogP contribution in [0.3, 0.4) is 0 Å². The predicted octanol–water partition coefficient (Wildman–Crippen LogP) is 2.90. The fourth-order valence-corrected chi connectivity index (χ4v) is 4.50. The molecule has 20 heavy (non-hydrogen) atoms. The highest BCUT2D eigenvalue weighted by Crippen LogP contribution is 2.25. The third kappa shape index (κ3) is 3.63. The van der Waals surface area contributed by atoms with E-state index in [2.05, 4.69) is 20.7 Å². The summed E-state index contributed by atoms with van der Waals surface area (Å²) in [4.78, 5) is 10.0. The normalized spacial score (nSPS) is 11.4. The molecule has 0 fully saturated rings. The molecule has 1 heterocycles. The lowest BCUT2D eigenvalue weighted by Gasteiger charge is -2.04. The van der Waals surface area contributed by atoms with E-state index in [4.69, 9.17) is 0 Å². The number of sulfonamides is 1. The van der Waals surface area contributed by atoms with Crippen LogP contribution in [0.5, 0.6) is 0 Å². The van der Waals surface area contributed by atoms with Gasteiger partial charge in [-0.1, -0.05) is 12.1 Å². The van der Waals surface area contributed by atoms with Crippen molar-refractivity contribution >= 4 is 43.0 Å². The molecule has 0 aliphatic carbocycles. The summed E-state index contributed by atoms with van der Waals surface area (Å²) in [6.45, 7) is 0.0792. The second-order valence-corrected chi connectivity index (χ2v) is 8.26. The highest BCUT2D eigenvalue weighted by atomic mass is 79.9. The average molecular weight is 377 g/mol. The monoisotopic (exact) mass is 376 g/mol. The van der Waals surface area contributed by atoms with Gasteiger partial charge in [0.15, 0.2) is 0 Å². The second kappa shape index (κ2) is 6.00. The van der Waals surface area contributed by atoms with E-state index in [0.717, 1.165) is 15.1 Å². The van der Waals surface area contributed by atoms with Gasteiger partial charge in [0.2, 0.25) is 10.0 Å². The van der Waals surface area contributed by atoms with Crippen molar-refractivity contribution in [1.82, 2.24) is 4.72 Å². The van der Waals surface area contributed by atoms with Crippen molar-refractivity contribution in [3.8, 4) is 0 Å². The van der Waals surface area contributed by atoms with Crippen LogP contribution in [0.1, 0.15) is 5.56 Å². The van der Waals surface area contributed by atoms with E-state index in [1.807, 2.05) is 0 Å². The number of nitrogens with one attached hydrogen (secondary N) is 1.